The van der Waals surface area contributed by atoms with Crippen molar-refractivity contribution in [2.24, 2.45) is 5.92 Å². The first-order valence-corrected chi connectivity index (χ1v) is 19.1. The van der Waals surface area contributed by atoms with Gasteiger partial charge in [0.2, 0.25) is 5.91 Å². The van der Waals surface area contributed by atoms with Gasteiger partial charge in [0, 0.05) is 40.5 Å². The minimum atomic E-state index is -2.99. The van der Waals surface area contributed by atoms with Crippen molar-refractivity contribution in [2.45, 2.75) is 69.1 Å². The normalized spacial score (nSPS) is 25.8. The van der Waals surface area contributed by atoms with E-state index in [1.54, 1.807) is 40.3 Å². The van der Waals surface area contributed by atoms with Crippen molar-refractivity contribution in [3.8, 4) is 11.4 Å². The van der Waals surface area contributed by atoms with Gasteiger partial charge in [0.05, 0.1) is 44.5 Å². The van der Waals surface area contributed by atoms with Gasteiger partial charge in [-0.15, -0.1) is 0 Å². The molecule has 4 heterocycles. The molecule has 2 N–H and O–H groups in total. The molecule has 0 bridgehead atoms. The van der Waals surface area contributed by atoms with E-state index in [-0.39, 0.29) is 48.7 Å². The number of fused-ring (bicyclic) bond motifs is 2. The minimum Gasteiger partial charge on any atom is -0.491 e. The molecular weight excluding hydrogens is 626 g/mol. The summed E-state index contributed by atoms with van der Waals surface area (Å²) in [7, 11) is -1.54. The highest BCUT2D eigenvalue weighted by atomic mass is 35.5. The monoisotopic (exact) mass is 665 g/mol. The summed E-state index contributed by atoms with van der Waals surface area (Å²) < 4.78 is 13.5. The number of methoxy groups -OCH3 is 1. The number of carbonyl (C=O) groups is 2. The largest absolute Gasteiger partial charge is 0.491 e. The van der Waals surface area contributed by atoms with E-state index < -0.39 is 31.5 Å². The third-order valence-corrected chi connectivity index (χ3v) is 12.6. The van der Waals surface area contributed by atoms with E-state index >= 15 is 0 Å². The molecule has 1 aromatic heterocycles. The molecule has 46 heavy (non-hydrogen) atoms. The van der Waals surface area contributed by atoms with E-state index in [0.29, 0.717) is 28.5 Å². The predicted octanol–water partition coefficient (Wildman–Crippen LogP) is 4.22. The van der Waals surface area contributed by atoms with Gasteiger partial charge in [0.15, 0.2) is 19.7 Å². The second-order valence-electron chi connectivity index (χ2n) is 13.1. The summed E-state index contributed by atoms with van der Waals surface area (Å²) in [6, 6.07) is 15.8. The number of halogens is 1. The number of likely N-dealkylation sites (tertiary alicyclic amines) is 1. The van der Waals surface area contributed by atoms with Crippen LogP contribution in [0.15, 0.2) is 65.6 Å². The second kappa shape index (κ2) is 12.3. The molecule has 10 nitrogen and oxygen atoms in total. The van der Waals surface area contributed by atoms with Gasteiger partial charge in [-0.3, -0.25) is 19.0 Å². The number of aliphatic hydroxyl groups excluding tert-OH is 1. The van der Waals surface area contributed by atoms with Crippen LogP contribution in [0.5, 0.6) is 5.75 Å². The van der Waals surface area contributed by atoms with Crippen LogP contribution in [0.3, 0.4) is 0 Å². The van der Waals surface area contributed by atoms with Crippen molar-refractivity contribution >= 4 is 37.4 Å². The molecule has 0 radical (unpaired) electrons. The molecule has 12 heteroatoms. The molecule has 3 aliphatic rings. The third-order valence-electron chi connectivity index (χ3n) is 9.89. The molecule has 3 aromatic rings. The Balaban J connectivity index is 1.37. The summed E-state index contributed by atoms with van der Waals surface area (Å²) in [5.74, 6) is -0.668. The maximum atomic E-state index is 14.8. The molecular formula is C34H40ClN3O7Si. The van der Waals surface area contributed by atoms with Crippen LogP contribution in [0.1, 0.15) is 37.3 Å². The van der Waals surface area contributed by atoms with Crippen LogP contribution in [-0.4, -0.2) is 71.9 Å². The van der Waals surface area contributed by atoms with Crippen molar-refractivity contribution in [1.82, 2.24) is 9.47 Å². The lowest BCUT2D eigenvalue weighted by molar-refractivity contribution is -0.150. The fourth-order valence-electron chi connectivity index (χ4n) is 7.87. The smallest absolute Gasteiger partial charge is 0.297 e. The standard InChI is InChI=1S/C34H40ClN3O7Si/c1-21-31(46(3,4)43)29(18-30(40)36-14-6-10-25(36)20-39)45-34(21)26-17-23(35)12-13-27(26)38(33(34)42)19-22-8-5-9-24(16-22)37-15-7-11-28(44-2)32(37)41/h5,7-9,11-13,15-17,21,25,29,31,39,43H,6,10,14,18-20H2,1-4H3/t21-,25-,29+,31-,34+/m0/s1. The molecule has 244 valence electrons. The number of anilines is 1. The van der Waals surface area contributed by atoms with Gasteiger partial charge in [0.25, 0.3) is 11.5 Å². The number of benzene rings is 2. The molecule has 5 atom stereocenters. The molecule has 0 aliphatic carbocycles. The van der Waals surface area contributed by atoms with Gasteiger partial charge in [-0.1, -0.05) is 30.7 Å². The van der Waals surface area contributed by atoms with Crippen molar-refractivity contribution in [3.05, 3.63) is 87.3 Å². The quantitative estimate of drug-likeness (QED) is 0.346. The molecule has 1 spiro atoms. The summed E-state index contributed by atoms with van der Waals surface area (Å²) in [5.41, 5.74) is 0.496. The molecule has 2 fully saturated rings. The lowest BCUT2D eigenvalue weighted by Crippen LogP contribution is -2.46. The fraction of sp³-hybridized carbons (Fsp3) is 0.441. The van der Waals surface area contributed by atoms with Crippen LogP contribution in [0, 0.1) is 5.92 Å². The number of ether oxygens (including phenoxy) is 2. The zero-order chi connectivity index (χ0) is 33.0. The van der Waals surface area contributed by atoms with E-state index in [0.717, 1.165) is 18.4 Å². The number of aliphatic hydroxyl groups is 1. The van der Waals surface area contributed by atoms with Gasteiger partial charge in [-0.2, -0.15) is 0 Å². The van der Waals surface area contributed by atoms with Crippen LogP contribution in [0.4, 0.5) is 5.69 Å². The number of rotatable bonds is 8. The van der Waals surface area contributed by atoms with E-state index in [1.807, 2.05) is 50.3 Å². The Morgan fingerprint density at radius 1 is 1.15 bits per heavy atom. The second-order valence-corrected chi connectivity index (χ2v) is 17.5. The summed E-state index contributed by atoms with van der Waals surface area (Å²) in [4.78, 5) is 56.2. The average Bonchev–Trinajstić information content (AvgIpc) is 3.68. The predicted molar refractivity (Wildman–Crippen MR) is 177 cm³/mol. The molecule has 0 saturated carbocycles. The Hall–Kier alpha value is -3.48. The highest BCUT2D eigenvalue weighted by molar-refractivity contribution is 6.71. The van der Waals surface area contributed by atoms with Gasteiger partial charge in [0.1, 0.15) is 0 Å². The van der Waals surface area contributed by atoms with Gasteiger partial charge in [-0.25, -0.2) is 0 Å². The number of amides is 2. The van der Waals surface area contributed by atoms with Crippen LogP contribution in [-0.2, 0) is 26.5 Å². The Morgan fingerprint density at radius 3 is 2.65 bits per heavy atom. The van der Waals surface area contributed by atoms with Crippen LogP contribution in [0.2, 0.25) is 23.7 Å². The van der Waals surface area contributed by atoms with Gasteiger partial charge >= 0.3 is 0 Å². The third kappa shape index (κ3) is 5.37. The molecule has 6 rings (SSSR count). The summed E-state index contributed by atoms with van der Waals surface area (Å²) in [6.07, 6.45) is 2.53. The summed E-state index contributed by atoms with van der Waals surface area (Å²) >= 11 is 6.53. The first-order chi connectivity index (χ1) is 21.9. The number of hydrogen-bond acceptors (Lipinski definition) is 7. The van der Waals surface area contributed by atoms with Crippen molar-refractivity contribution in [3.63, 3.8) is 0 Å². The number of nitrogens with zero attached hydrogens (tertiary/aromatic N) is 3. The maximum absolute atomic E-state index is 14.8. The van der Waals surface area contributed by atoms with Crippen LogP contribution >= 0.6 is 11.6 Å². The molecule has 0 unspecified atom stereocenters. The van der Waals surface area contributed by atoms with Gasteiger partial charge in [-0.05, 0) is 74.0 Å². The van der Waals surface area contributed by atoms with Crippen molar-refractivity contribution in [2.75, 3.05) is 25.2 Å². The Bertz CT molecular complexity index is 1730. The Labute approximate surface area is 274 Å². The fourth-order valence-corrected chi connectivity index (χ4v) is 10.6. The molecule has 2 amide bonds. The summed E-state index contributed by atoms with van der Waals surface area (Å²) in [5, 5.41) is 10.3. The van der Waals surface area contributed by atoms with Crippen molar-refractivity contribution in [1.29, 1.82) is 0 Å². The highest BCUT2D eigenvalue weighted by Crippen LogP contribution is 2.60. The number of hydrogen-bond donors (Lipinski definition) is 2. The topological polar surface area (TPSA) is 122 Å². The van der Waals surface area contributed by atoms with E-state index in [1.165, 1.54) is 11.7 Å². The molecule has 2 aromatic carbocycles. The Kier molecular flexibility index (Phi) is 8.66. The zero-order valence-corrected chi connectivity index (χ0v) is 28.2. The van der Waals surface area contributed by atoms with Crippen molar-refractivity contribution < 1.29 is 29.0 Å². The number of aromatic nitrogens is 1. The summed E-state index contributed by atoms with van der Waals surface area (Å²) in [6.45, 7) is 6.22. The lowest BCUT2D eigenvalue weighted by atomic mass is 9.82. The van der Waals surface area contributed by atoms with Gasteiger partial charge < -0.3 is 29.2 Å². The van der Waals surface area contributed by atoms with E-state index in [4.69, 9.17) is 21.1 Å². The lowest BCUT2D eigenvalue weighted by Gasteiger charge is -2.32. The van der Waals surface area contributed by atoms with Crippen LogP contribution < -0.4 is 15.2 Å². The average molecular weight is 666 g/mol. The first kappa shape index (κ1) is 32.5. The minimum absolute atomic E-state index is 0.00472. The van der Waals surface area contributed by atoms with E-state index in [9.17, 15) is 24.3 Å². The van der Waals surface area contributed by atoms with Crippen LogP contribution in [0.25, 0.3) is 5.69 Å². The maximum Gasteiger partial charge on any atom is 0.297 e. The molecule has 3 aliphatic heterocycles. The van der Waals surface area contributed by atoms with E-state index in [2.05, 4.69) is 0 Å². The SMILES string of the molecule is COc1cccn(-c2cccc(CN3C(=O)[C@]4(O[C@H](CC(=O)N5CCC[C@H]5CO)[C@@H]([Si](C)(C)O)[C@@H]4C)c4cc(Cl)ccc43)c2)c1=O. The zero-order valence-electron chi connectivity index (χ0n) is 26.5. The Morgan fingerprint density at radius 2 is 1.93 bits per heavy atom. The highest BCUT2D eigenvalue weighted by Gasteiger charge is 2.66. The first-order valence-electron chi connectivity index (χ1n) is 15.7. The number of pyridine rings is 1. The number of carbonyl (C=O) groups excluding carboxylic acids is 2. The molecule has 2 saturated heterocycles.